The first-order valence-corrected chi connectivity index (χ1v) is 9.31. The lowest BCUT2D eigenvalue weighted by Crippen LogP contribution is -2.41. The lowest BCUT2D eigenvalue weighted by Gasteiger charge is -2.12. The van der Waals surface area contributed by atoms with Crippen molar-refractivity contribution in [2.45, 2.75) is 11.4 Å². The lowest BCUT2D eigenvalue weighted by atomic mass is 10.4. The van der Waals surface area contributed by atoms with E-state index in [0.717, 1.165) is 5.82 Å². The Bertz CT molecular complexity index is 835. The van der Waals surface area contributed by atoms with Crippen molar-refractivity contribution >= 4 is 27.6 Å². The van der Waals surface area contributed by atoms with Crippen LogP contribution >= 0.6 is 11.6 Å². The number of nitrogens with one attached hydrogen (secondary N) is 3. The average molecular weight is 386 g/mol. The summed E-state index contributed by atoms with van der Waals surface area (Å²) >= 11 is 5.82. The first-order chi connectivity index (χ1) is 11.9. The van der Waals surface area contributed by atoms with E-state index in [-0.39, 0.29) is 11.4 Å². The molecule has 3 N–H and O–H groups in total. The van der Waals surface area contributed by atoms with E-state index in [4.69, 9.17) is 11.6 Å². The van der Waals surface area contributed by atoms with Crippen LogP contribution < -0.4 is 15.4 Å². The zero-order chi connectivity index (χ0) is 18.3. The van der Waals surface area contributed by atoms with Crippen molar-refractivity contribution in [1.29, 1.82) is 0 Å². The summed E-state index contributed by atoms with van der Waals surface area (Å²) in [5.41, 5.74) is 0. The topological polar surface area (TPSA) is 113 Å². The van der Waals surface area contributed by atoms with Gasteiger partial charge in [-0.25, -0.2) is 18.1 Å². The van der Waals surface area contributed by atoms with Crippen LogP contribution in [0.1, 0.15) is 5.82 Å². The van der Waals surface area contributed by atoms with Crippen molar-refractivity contribution in [1.82, 2.24) is 30.1 Å². The molecule has 25 heavy (non-hydrogen) atoms. The van der Waals surface area contributed by atoms with Gasteiger partial charge in [0.15, 0.2) is 5.96 Å². The molecule has 0 amide bonds. The minimum absolute atomic E-state index is 0.129. The van der Waals surface area contributed by atoms with Gasteiger partial charge in [-0.3, -0.25) is 9.67 Å². The second-order valence-corrected chi connectivity index (χ2v) is 7.21. The van der Waals surface area contributed by atoms with Crippen molar-refractivity contribution in [3.05, 3.63) is 41.4 Å². The number of rotatable bonds is 7. The summed E-state index contributed by atoms with van der Waals surface area (Å²) in [7, 11) is -0.174. The summed E-state index contributed by atoms with van der Waals surface area (Å²) in [5.74, 6) is 1.29. The maximum atomic E-state index is 12.2. The Morgan fingerprint density at radius 1 is 1.32 bits per heavy atom. The maximum Gasteiger partial charge on any atom is 0.240 e. The van der Waals surface area contributed by atoms with Gasteiger partial charge in [0.25, 0.3) is 0 Å². The Hall–Kier alpha value is -2.17. The molecule has 1 heterocycles. The number of sulfonamides is 1. The summed E-state index contributed by atoms with van der Waals surface area (Å²) < 4.78 is 28.5. The zero-order valence-electron chi connectivity index (χ0n) is 13.9. The molecule has 2 aromatic rings. The summed E-state index contributed by atoms with van der Waals surface area (Å²) in [6.45, 7) is 1.00. The molecule has 2 rings (SSSR count). The molecule has 0 unspecified atom stereocenters. The normalized spacial score (nSPS) is 12.2. The van der Waals surface area contributed by atoms with Crippen molar-refractivity contribution in [2.24, 2.45) is 12.0 Å². The second-order valence-electron chi connectivity index (χ2n) is 5.01. The fourth-order valence-electron chi connectivity index (χ4n) is 1.95. The largest absolute Gasteiger partial charge is 0.355 e. The van der Waals surface area contributed by atoms with Gasteiger partial charge in [-0.2, -0.15) is 5.10 Å². The minimum atomic E-state index is -3.60. The number of benzene rings is 1. The molecule has 0 saturated carbocycles. The Morgan fingerprint density at radius 3 is 2.76 bits per heavy atom. The number of hydrogen-bond acceptors (Lipinski definition) is 5. The van der Waals surface area contributed by atoms with E-state index in [2.05, 4.69) is 30.4 Å². The number of guanidine groups is 1. The van der Waals surface area contributed by atoms with E-state index in [1.54, 1.807) is 30.9 Å². The third-order valence-electron chi connectivity index (χ3n) is 3.26. The molecular weight excluding hydrogens is 366 g/mol. The third kappa shape index (κ3) is 5.69. The van der Waals surface area contributed by atoms with Crippen LogP contribution in [0.2, 0.25) is 5.02 Å². The van der Waals surface area contributed by atoms with Gasteiger partial charge >= 0.3 is 0 Å². The number of aliphatic imine (C=N–C) groups is 1. The van der Waals surface area contributed by atoms with Gasteiger partial charge in [-0.15, -0.1) is 0 Å². The highest BCUT2D eigenvalue weighted by atomic mass is 35.5. The summed E-state index contributed by atoms with van der Waals surface area (Å²) in [6, 6.07) is 6.10. The van der Waals surface area contributed by atoms with E-state index in [9.17, 15) is 8.42 Å². The van der Waals surface area contributed by atoms with Crippen LogP contribution in [-0.2, 0) is 23.6 Å². The predicted molar refractivity (Wildman–Crippen MR) is 95.8 cm³/mol. The summed E-state index contributed by atoms with van der Waals surface area (Å²) in [6.07, 6.45) is 1.47. The van der Waals surface area contributed by atoms with Gasteiger partial charge in [0.2, 0.25) is 10.0 Å². The van der Waals surface area contributed by atoms with E-state index in [1.807, 2.05) is 0 Å². The number of hydrogen-bond donors (Lipinski definition) is 3. The van der Waals surface area contributed by atoms with E-state index in [0.29, 0.717) is 24.1 Å². The second kappa shape index (κ2) is 8.79. The highest BCUT2D eigenvalue weighted by Crippen LogP contribution is 2.14. The first kappa shape index (κ1) is 19.2. The van der Waals surface area contributed by atoms with Crippen LogP contribution in [0, 0.1) is 0 Å². The van der Waals surface area contributed by atoms with Crippen molar-refractivity contribution in [3.8, 4) is 0 Å². The Labute approximate surface area is 151 Å². The first-order valence-electron chi connectivity index (χ1n) is 7.45. The molecule has 0 bridgehead atoms. The quantitative estimate of drug-likeness (QED) is 0.354. The molecule has 0 aliphatic rings. The number of nitrogens with zero attached hydrogens (tertiary/aromatic N) is 4. The number of aromatic nitrogens is 3. The molecule has 0 atom stereocenters. The van der Waals surface area contributed by atoms with E-state index < -0.39 is 10.0 Å². The zero-order valence-corrected chi connectivity index (χ0v) is 15.5. The van der Waals surface area contributed by atoms with Gasteiger partial charge in [0.1, 0.15) is 12.2 Å². The molecule has 0 saturated heterocycles. The van der Waals surface area contributed by atoms with Crippen LogP contribution in [0.5, 0.6) is 0 Å². The fraction of sp³-hybridized carbons (Fsp3) is 0.357. The van der Waals surface area contributed by atoms with Crippen LogP contribution in [0.4, 0.5) is 0 Å². The molecule has 136 valence electrons. The SMILES string of the molecule is CN=C(NCCNS(=O)(=O)c1cccc(Cl)c1)NCc1ncnn1C. The van der Waals surface area contributed by atoms with Crippen LogP contribution in [0.3, 0.4) is 0 Å². The molecule has 9 nitrogen and oxygen atoms in total. The smallest absolute Gasteiger partial charge is 0.240 e. The fourth-order valence-corrected chi connectivity index (χ4v) is 3.28. The molecule has 0 fully saturated rings. The minimum Gasteiger partial charge on any atom is -0.355 e. The predicted octanol–water partition coefficient (Wildman–Crippen LogP) is 0.112. The van der Waals surface area contributed by atoms with Crippen LogP contribution in [0.15, 0.2) is 40.5 Å². The van der Waals surface area contributed by atoms with Gasteiger partial charge in [-0.05, 0) is 18.2 Å². The molecule has 0 radical (unpaired) electrons. The Balaban J connectivity index is 1.78. The van der Waals surface area contributed by atoms with Gasteiger partial charge in [-0.1, -0.05) is 17.7 Å². The summed E-state index contributed by atoms with van der Waals surface area (Å²) in [5, 5.41) is 10.4. The van der Waals surface area contributed by atoms with Crippen molar-refractivity contribution in [3.63, 3.8) is 0 Å². The maximum absolute atomic E-state index is 12.2. The van der Waals surface area contributed by atoms with E-state index in [1.165, 1.54) is 18.5 Å². The molecule has 0 aliphatic carbocycles. The van der Waals surface area contributed by atoms with Crippen LogP contribution in [-0.4, -0.2) is 49.3 Å². The Morgan fingerprint density at radius 2 is 2.12 bits per heavy atom. The van der Waals surface area contributed by atoms with Crippen LogP contribution in [0.25, 0.3) is 0 Å². The van der Waals surface area contributed by atoms with Gasteiger partial charge in [0, 0.05) is 32.2 Å². The molecule has 1 aromatic carbocycles. The molecule has 1 aromatic heterocycles. The standard InChI is InChI=1S/C14H20ClN7O2S/c1-16-14(18-9-13-19-10-20-22(13)2)17-6-7-21-25(23,24)12-5-3-4-11(15)8-12/h3-5,8,10,21H,6-7,9H2,1-2H3,(H2,16,17,18). The monoisotopic (exact) mass is 385 g/mol. The lowest BCUT2D eigenvalue weighted by molar-refractivity contribution is 0.580. The highest BCUT2D eigenvalue weighted by Gasteiger charge is 2.13. The van der Waals surface area contributed by atoms with Crippen molar-refractivity contribution in [2.75, 3.05) is 20.1 Å². The molecular formula is C14H20ClN7O2S. The van der Waals surface area contributed by atoms with Crippen molar-refractivity contribution < 1.29 is 8.42 Å². The molecule has 11 heteroatoms. The molecule has 0 aliphatic heterocycles. The number of halogens is 1. The van der Waals surface area contributed by atoms with E-state index >= 15 is 0 Å². The third-order valence-corrected chi connectivity index (χ3v) is 4.95. The molecule has 0 spiro atoms. The Kier molecular flexibility index (Phi) is 6.73. The van der Waals surface area contributed by atoms with Gasteiger partial charge < -0.3 is 10.6 Å². The average Bonchev–Trinajstić information content (AvgIpc) is 2.99. The summed E-state index contributed by atoms with van der Waals surface area (Å²) in [4.78, 5) is 8.29. The van der Waals surface area contributed by atoms with Gasteiger partial charge in [0.05, 0.1) is 11.4 Å². The number of aryl methyl sites for hydroxylation is 1. The highest BCUT2D eigenvalue weighted by molar-refractivity contribution is 7.89.